The van der Waals surface area contributed by atoms with Crippen LogP contribution in [-0.2, 0) is 15.1 Å². The van der Waals surface area contributed by atoms with E-state index in [1.165, 1.54) is 0 Å². The van der Waals surface area contributed by atoms with Crippen LogP contribution in [0.3, 0.4) is 0 Å². The van der Waals surface area contributed by atoms with Crippen molar-refractivity contribution >= 4 is 17.8 Å². The summed E-state index contributed by atoms with van der Waals surface area (Å²) < 4.78 is 0. The summed E-state index contributed by atoms with van der Waals surface area (Å²) in [6, 6.07) is 18.4. The lowest BCUT2D eigenvalue weighted by molar-refractivity contribution is -0.692. The molecule has 4 amide bonds. The first-order chi connectivity index (χ1) is 13.8. The number of hydrogen-bond acceptors (Lipinski definition) is 3. The van der Waals surface area contributed by atoms with E-state index in [0.29, 0.717) is 11.5 Å². The molecule has 0 saturated carbocycles. The first-order valence-corrected chi connectivity index (χ1v) is 9.73. The molecule has 0 unspecified atom stereocenters. The van der Waals surface area contributed by atoms with Crippen molar-refractivity contribution in [2.45, 2.75) is 32.4 Å². The summed E-state index contributed by atoms with van der Waals surface area (Å²) in [6.07, 6.45) is 0. The monoisotopic (exact) mass is 395 g/mol. The van der Waals surface area contributed by atoms with E-state index in [0.717, 1.165) is 10.6 Å². The average molecular weight is 395 g/mol. The summed E-state index contributed by atoms with van der Waals surface area (Å²) >= 11 is 0. The highest BCUT2D eigenvalue weighted by atomic mass is 16.2. The zero-order chi connectivity index (χ0) is 21.0. The molecule has 1 fully saturated rings. The number of hydrazine groups is 1. The summed E-state index contributed by atoms with van der Waals surface area (Å²) in [5.74, 6) is -0.610. The molecule has 1 heterocycles. The number of carbonyl (C=O) groups is 3. The number of nitrogens with two attached hydrogens (primary N) is 1. The third-order valence-corrected chi connectivity index (χ3v) is 5.24. The molecule has 2 aromatic carbocycles. The number of quaternary nitrogens is 1. The van der Waals surface area contributed by atoms with Crippen LogP contribution in [0.2, 0.25) is 0 Å². The largest absolute Gasteiger partial charge is 0.344 e. The molecule has 0 aliphatic carbocycles. The van der Waals surface area contributed by atoms with Gasteiger partial charge in [-0.15, -0.1) is 0 Å². The molecule has 29 heavy (non-hydrogen) atoms. The molecular formula is C22H27N4O3+. The standard InChI is InChI=1S/C22H26N4O3/c1-15(2)19(16-10-6-4-7-11-16)23-14-18(27)25-26-20(28)22(3,24-21(26)29)17-12-8-5-9-13-17/h4-13,15,19,23H,14H2,1-3H3,(H,24,29)(H,25,27)/p+1/t19-,22+/m0/s1. The Morgan fingerprint density at radius 3 is 2.24 bits per heavy atom. The molecule has 7 nitrogen and oxygen atoms in total. The van der Waals surface area contributed by atoms with Crippen LogP contribution in [-0.4, -0.2) is 29.4 Å². The Morgan fingerprint density at radius 1 is 1.07 bits per heavy atom. The summed E-state index contributed by atoms with van der Waals surface area (Å²) in [6.45, 7) is 5.91. The van der Waals surface area contributed by atoms with E-state index in [2.05, 4.69) is 24.6 Å². The van der Waals surface area contributed by atoms with Crippen LogP contribution in [0.1, 0.15) is 37.9 Å². The highest BCUT2D eigenvalue weighted by molar-refractivity contribution is 6.08. The second-order valence-corrected chi connectivity index (χ2v) is 7.72. The van der Waals surface area contributed by atoms with Gasteiger partial charge >= 0.3 is 6.03 Å². The fourth-order valence-electron chi connectivity index (χ4n) is 3.58. The highest BCUT2D eigenvalue weighted by Gasteiger charge is 2.50. The molecule has 0 radical (unpaired) electrons. The van der Waals surface area contributed by atoms with Gasteiger partial charge in [0.15, 0.2) is 6.54 Å². The Balaban J connectivity index is 1.65. The van der Waals surface area contributed by atoms with Gasteiger partial charge in [-0.2, -0.15) is 5.01 Å². The molecule has 2 aromatic rings. The number of carbonyl (C=O) groups excluding carboxylic acids is 3. The minimum absolute atomic E-state index is 0.0941. The second-order valence-electron chi connectivity index (χ2n) is 7.72. The number of rotatable bonds is 7. The van der Waals surface area contributed by atoms with E-state index >= 15 is 0 Å². The summed E-state index contributed by atoms with van der Waals surface area (Å²) in [7, 11) is 0. The van der Waals surface area contributed by atoms with Crippen molar-refractivity contribution in [1.29, 1.82) is 0 Å². The number of hydrogen-bond donors (Lipinski definition) is 3. The molecule has 3 rings (SSSR count). The van der Waals surface area contributed by atoms with E-state index in [1.54, 1.807) is 31.2 Å². The van der Waals surface area contributed by atoms with Gasteiger partial charge in [0.05, 0.1) is 0 Å². The zero-order valence-electron chi connectivity index (χ0n) is 16.9. The predicted octanol–water partition coefficient (Wildman–Crippen LogP) is 1.45. The zero-order valence-corrected chi connectivity index (χ0v) is 16.9. The van der Waals surface area contributed by atoms with Crippen LogP contribution in [0.5, 0.6) is 0 Å². The van der Waals surface area contributed by atoms with E-state index in [1.807, 2.05) is 41.7 Å². The Hall–Kier alpha value is -3.19. The SMILES string of the molecule is CC(C)[C@H]([NH2+]CC(=O)NN1C(=O)N[C@](C)(c2ccccc2)C1=O)c1ccccc1. The fourth-order valence-corrected chi connectivity index (χ4v) is 3.58. The van der Waals surface area contributed by atoms with Gasteiger partial charge in [0.2, 0.25) is 0 Å². The van der Waals surface area contributed by atoms with Crippen LogP contribution >= 0.6 is 0 Å². The molecular weight excluding hydrogens is 368 g/mol. The summed E-state index contributed by atoms with van der Waals surface area (Å²) in [5.41, 5.74) is 3.03. The summed E-state index contributed by atoms with van der Waals surface area (Å²) in [4.78, 5) is 37.7. The number of nitrogens with one attached hydrogen (secondary N) is 2. The average Bonchev–Trinajstić information content (AvgIpc) is 2.93. The van der Waals surface area contributed by atoms with Gasteiger partial charge in [0.1, 0.15) is 11.6 Å². The van der Waals surface area contributed by atoms with E-state index in [9.17, 15) is 14.4 Å². The first-order valence-electron chi connectivity index (χ1n) is 9.73. The number of nitrogens with zero attached hydrogens (tertiary/aromatic N) is 1. The normalized spacial score (nSPS) is 19.9. The number of imide groups is 1. The number of amides is 4. The third kappa shape index (κ3) is 4.30. The molecule has 1 aliphatic heterocycles. The van der Waals surface area contributed by atoms with Crippen LogP contribution in [0.4, 0.5) is 4.79 Å². The van der Waals surface area contributed by atoms with Crippen LogP contribution in [0.15, 0.2) is 60.7 Å². The Kier molecular flexibility index (Phi) is 5.98. The minimum Gasteiger partial charge on any atom is -0.332 e. The molecule has 1 saturated heterocycles. The number of urea groups is 1. The van der Waals surface area contributed by atoms with Gasteiger partial charge in [-0.05, 0) is 12.5 Å². The van der Waals surface area contributed by atoms with E-state index < -0.39 is 23.4 Å². The Morgan fingerprint density at radius 2 is 1.66 bits per heavy atom. The summed E-state index contributed by atoms with van der Waals surface area (Å²) in [5, 5.41) is 5.37. The molecule has 0 spiro atoms. The van der Waals surface area contributed by atoms with Crippen LogP contribution < -0.4 is 16.1 Å². The van der Waals surface area contributed by atoms with E-state index in [-0.39, 0.29) is 12.6 Å². The molecule has 2 atom stereocenters. The molecule has 0 bridgehead atoms. The topological polar surface area (TPSA) is 95.1 Å². The molecule has 4 N–H and O–H groups in total. The first kappa shape index (κ1) is 20.5. The van der Waals surface area contributed by atoms with Crippen molar-refractivity contribution in [2.75, 3.05) is 6.54 Å². The van der Waals surface area contributed by atoms with Crippen molar-refractivity contribution in [3.8, 4) is 0 Å². The lowest BCUT2D eigenvalue weighted by atomic mass is 9.92. The van der Waals surface area contributed by atoms with Crippen molar-refractivity contribution in [1.82, 2.24) is 15.8 Å². The van der Waals surface area contributed by atoms with Crippen molar-refractivity contribution in [3.63, 3.8) is 0 Å². The number of benzene rings is 2. The van der Waals surface area contributed by atoms with E-state index in [4.69, 9.17) is 0 Å². The Labute approximate surface area is 170 Å². The Bertz CT molecular complexity index is 885. The fraction of sp³-hybridized carbons (Fsp3) is 0.318. The van der Waals surface area contributed by atoms with Crippen LogP contribution in [0.25, 0.3) is 0 Å². The highest BCUT2D eigenvalue weighted by Crippen LogP contribution is 2.27. The van der Waals surface area contributed by atoms with Crippen molar-refractivity contribution in [2.24, 2.45) is 5.92 Å². The van der Waals surface area contributed by atoms with Gasteiger partial charge in [0.25, 0.3) is 11.8 Å². The van der Waals surface area contributed by atoms with Crippen LogP contribution in [0, 0.1) is 5.92 Å². The maximum Gasteiger partial charge on any atom is 0.344 e. The quantitative estimate of drug-likeness (QED) is 0.619. The maximum atomic E-state index is 12.9. The predicted molar refractivity (Wildman–Crippen MR) is 108 cm³/mol. The van der Waals surface area contributed by atoms with Crippen molar-refractivity contribution in [3.05, 3.63) is 71.8 Å². The van der Waals surface area contributed by atoms with Gasteiger partial charge in [-0.3, -0.25) is 15.0 Å². The van der Waals surface area contributed by atoms with Gasteiger partial charge in [0, 0.05) is 11.5 Å². The smallest absolute Gasteiger partial charge is 0.332 e. The van der Waals surface area contributed by atoms with Crippen molar-refractivity contribution < 1.29 is 19.7 Å². The molecule has 152 valence electrons. The molecule has 0 aromatic heterocycles. The lowest BCUT2D eigenvalue weighted by Gasteiger charge is -2.22. The van der Waals surface area contributed by atoms with Gasteiger partial charge in [-0.1, -0.05) is 74.5 Å². The lowest BCUT2D eigenvalue weighted by Crippen LogP contribution is -2.88. The van der Waals surface area contributed by atoms with Gasteiger partial charge < -0.3 is 10.6 Å². The molecule has 1 aliphatic rings. The molecule has 7 heteroatoms. The third-order valence-electron chi connectivity index (χ3n) is 5.24. The maximum absolute atomic E-state index is 12.9. The van der Waals surface area contributed by atoms with Gasteiger partial charge in [-0.25, -0.2) is 4.79 Å². The minimum atomic E-state index is -1.21. The second kappa shape index (κ2) is 8.45.